The van der Waals surface area contributed by atoms with E-state index in [9.17, 15) is 4.79 Å². The van der Waals surface area contributed by atoms with Crippen molar-refractivity contribution in [2.45, 2.75) is 38.6 Å². The van der Waals surface area contributed by atoms with Gasteiger partial charge in [0.25, 0.3) is 0 Å². The number of aryl methyl sites for hydroxylation is 2. The van der Waals surface area contributed by atoms with Crippen molar-refractivity contribution in [2.24, 2.45) is 0 Å². The van der Waals surface area contributed by atoms with Gasteiger partial charge in [0, 0.05) is 25.1 Å². The van der Waals surface area contributed by atoms with Gasteiger partial charge in [0.05, 0.1) is 5.41 Å². The second-order valence-corrected chi connectivity index (χ2v) is 7.00. The number of nitrogens with zero attached hydrogens (tertiary/aromatic N) is 3. The summed E-state index contributed by atoms with van der Waals surface area (Å²) < 4.78 is 1.93. The van der Waals surface area contributed by atoms with Crippen LogP contribution in [0.2, 0.25) is 0 Å². The molecule has 0 unspecified atom stereocenters. The minimum absolute atomic E-state index is 0.109. The fourth-order valence-corrected chi connectivity index (χ4v) is 3.35. The van der Waals surface area contributed by atoms with Crippen LogP contribution in [0.1, 0.15) is 35.4 Å². The fraction of sp³-hybridized carbons (Fsp3) is 0.286. The molecule has 2 aromatic heterocycles. The van der Waals surface area contributed by atoms with Crippen LogP contribution in [-0.4, -0.2) is 20.4 Å². The highest BCUT2D eigenvalue weighted by molar-refractivity contribution is 5.91. The molecular formula is C21H22N4O. The van der Waals surface area contributed by atoms with Crippen molar-refractivity contribution in [2.75, 3.05) is 0 Å². The summed E-state index contributed by atoms with van der Waals surface area (Å²) in [6.07, 6.45) is 7.28. The zero-order chi connectivity index (χ0) is 18.1. The number of aromatic nitrogens is 3. The highest BCUT2D eigenvalue weighted by Crippen LogP contribution is 2.48. The Labute approximate surface area is 153 Å². The second-order valence-electron chi connectivity index (χ2n) is 7.00. The summed E-state index contributed by atoms with van der Waals surface area (Å²) in [4.78, 5) is 21.5. The number of benzene rings is 1. The van der Waals surface area contributed by atoms with Gasteiger partial charge < -0.3 is 5.32 Å². The number of rotatable bonds is 5. The van der Waals surface area contributed by atoms with E-state index in [0.29, 0.717) is 6.54 Å². The molecule has 0 atom stereocenters. The molecule has 0 radical (unpaired) electrons. The first-order valence-corrected chi connectivity index (χ1v) is 8.89. The lowest BCUT2D eigenvalue weighted by atomic mass is 9.93. The number of hydrogen-bond acceptors (Lipinski definition) is 3. The maximum absolute atomic E-state index is 12.8. The zero-order valence-corrected chi connectivity index (χ0v) is 15.1. The normalized spacial score (nSPS) is 14.8. The number of carbonyl (C=O) groups excluding carboxylic acids is 1. The van der Waals surface area contributed by atoms with Gasteiger partial charge in [-0.05, 0) is 43.9 Å². The molecule has 1 aromatic carbocycles. The summed E-state index contributed by atoms with van der Waals surface area (Å²) in [6.45, 7) is 4.49. The van der Waals surface area contributed by atoms with Crippen molar-refractivity contribution in [3.8, 4) is 5.82 Å². The van der Waals surface area contributed by atoms with Crippen molar-refractivity contribution in [1.29, 1.82) is 0 Å². The maximum Gasteiger partial charge on any atom is 0.230 e. The van der Waals surface area contributed by atoms with Gasteiger partial charge >= 0.3 is 0 Å². The Kier molecular flexibility index (Phi) is 4.07. The molecule has 5 heteroatoms. The van der Waals surface area contributed by atoms with Gasteiger partial charge in [-0.15, -0.1) is 0 Å². The first-order valence-electron chi connectivity index (χ1n) is 8.89. The monoisotopic (exact) mass is 346 g/mol. The molecule has 1 saturated carbocycles. The first kappa shape index (κ1) is 16.5. The smallest absolute Gasteiger partial charge is 0.230 e. The number of carbonyl (C=O) groups is 1. The summed E-state index contributed by atoms with van der Waals surface area (Å²) in [5.74, 6) is 1.83. The van der Waals surface area contributed by atoms with Crippen LogP contribution < -0.4 is 5.32 Å². The summed E-state index contributed by atoms with van der Waals surface area (Å²) in [7, 11) is 0. The second kappa shape index (κ2) is 6.41. The first-order chi connectivity index (χ1) is 12.6. The lowest BCUT2D eigenvalue weighted by molar-refractivity contribution is -0.123. The van der Waals surface area contributed by atoms with E-state index in [0.717, 1.165) is 35.6 Å². The van der Waals surface area contributed by atoms with Gasteiger partial charge in [-0.3, -0.25) is 9.36 Å². The van der Waals surface area contributed by atoms with Gasteiger partial charge in [0.15, 0.2) is 0 Å². The van der Waals surface area contributed by atoms with Gasteiger partial charge in [-0.2, -0.15) is 0 Å². The van der Waals surface area contributed by atoms with E-state index in [1.807, 2.05) is 35.9 Å². The third-order valence-electron chi connectivity index (χ3n) is 5.09. The maximum atomic E-state index is 12.8. The van der Waals surface area contributed by atoms with E-state index < -0.39 is 0 Å². The van der Waals surface area contributed by atoms with Gasteiger partial charge in [-0.25, -0.2) is 9.97 Å². The molecule has 1 amide bonds. The van der Waals surface area contributed by atoms with E-state index >= 15 is 0 Å². The molecule has 0 saturated heterocycles. The average molecular weight is 346 g/mol. The van der Waals surface area contributed by atoms with E-state index in [1.54, 1.807) is 12.4 Å². The van der Waals surface area contributed by atoms with Crippen LogP contribution in [0.15, 0.2) is 55.0 Å². The molecule has 0 bridgehead atoms. The highest BCUT2D eigenvalue weighted by Gasteiger charge is 2.51. The lowest BCUT2D eigenvalue weighted by Crippen LogP contribution is -2.34. The summed E-state index contributed by atoms with van der Waals surface area (Å²) in [6, 6.07) is 12.2. The van der Waals surface area contributed by atoms with Crippen molar-refractivity contribution < 1.29 is 4.79 Å². The van der Waals surface area contributed by atoms with E-state index in [1.165, 1.54) is 5.56 Å². The van der Waals surface area contributed by atoms with Crippen molar-refractivity contribution in [3.63, 3.8) is 0 Å². The highest BCUT2D eigenvalue weighted by atomic mass is 16.2. The van der Waals surface area contributed by atoms with E-state index in [4.69, 9.17) is 0 Å². The Morgan fingerprint density at radius 2 is 2.04 bits per heavy atom. The van der Waals surface area contributed by atoms with Gasteiger partial charge in [-0.1, -0.05) is 35.9 Å². The van der Waals surface area contributed by atoms with E-state index in [2.05, 4.69) is 40.4 Å². The third kappa shape index (κ3) is 3.01. The van der Waals surface area contributed by atoms with Crippen LogP contribution in [0.25, 0.3) is 5.82 Å². The number of hydrogen-bond donors (Lipinski definition) is 1. The molecule has 2 heterocycles. The molecule has 3 aromatic rings. The quantitative estimate of drug-likeness (QED) is 0.771. The van der Waals surface area contributed by atoms with Crippen LogP contribution in [0.5, 0.6) is 0 Å². The van der Waals surface area contributed by atoms with Gasteiger partial charge in [0.2, 0.25) is 5.91 Å². The molecule has 5 nitrogen and oxygen atoms in total. The average Bonchev–Trinajstić information content (AvgIpc) is 3.36. The predicted octanol–water partition coefficient (Wildman–Crippen LogP) is 3.23. The van der Waals surface area contributed by atoms with Crippen LogP contribution in [-0.2, 0) is 16.8 Å². The summed E-state index contributed by atoms with van der Waals surface area (Å²) in [5.41, 5.74) is 2.96. The Morgan fingerprint density at radius 1 is 1.19 bits per heavy atom. The SMILES string of the molecule is Cc1cccc(C2(C(=O)NCc3ccc(-n4ccnc4C)nc3)CC2)c1. The largest absolute Gasteiger partial charge is 0.351 e. The van der Waals surface area contributed by atoms with Crippen molar-refractivity contribution in [3.05, 3.63) is 77.5 Å². The number of pyridine rings is 1. The van der Waals surface area contributed by atoms with Crippen LogP contribution >= 0.6 is 0 Å². The Hall–Kier alpha value is -2.95. The molecule has 1 aliphatic rings. The van der Waals surface area contributed by atoms with Crippen LogP contribution in [0, 0.1) is 13.8 Å². The molecule has 0 spiro atoms. The molecule has 1 fully saturated rings. The lowest BCUT2D eigenvalue weighted by Gasteiger charge is -2.16. The molecule has 4 rings (SSSR count). The van der Waals surface area contributed by atoms with E-state index in [-0.39, 0.29) is 11.3 Å². The van der Waals surface area contributed by atoms with Crippen molar-refractivity contribution in [1.82, 2.24) is 19.9 Å². The van der Waals surface area contributed by atoms with Gasteiger partial charge in [0.1, 0.15) is 11.6 Å². The number of nitrogens with one attached hydrogen (secondary N) is 1. The Morgan fingerprint density at radius 3 is 2.65 bits per heavy atom. The summed E-state index contributed by atoms with van der Waals surface area (Å²) in [5, 5.41) is 3.09. The fourth-order valence-electron chi connectivity index (χ4n) is 3.35. The summed E-state index contributed by atoms with van der Waals surface area (Å²) >= 11 is 0. The zero-order valence-electron chi connectivity index (χ0n) is 15.1. The Balaban J connectivity index is 1.43. The molecule has 1 aliphatic carbocycles. The standard InChI is InChI=1S/C21H22N4O/c1-15-4-3-5-18(12-15)21(8-9-21)20(26)24-14-17-6-7-19(23-13-17)25-11-10-22-16(25)2/h3-7,10-13H,8-9,14H2,1-2H3,(H,24,26). The van der Waals surface area contributed by atoms with Crippen molar-refractivity contribution >= 4 is 5.91 Å². The van der Waals surface area contributed by atoms with Crippen LogP contribution in [0.3, 0.4) is 0 Å². The molecule has 132 valence electrons. The minimum atomic E-state index is -0.340. The topological polar surface area (TPSA) is 59.8 Å². The minimum Gasteiger partial charge on any atom is -0.351 e. The predicted molar refractivity (Wildman–Crippen MR) is 100 cm³/mol. The molecule has 0 aliphatic heterocycles. The molecular weight excluding hydrogens is 324 g/mol. The molecule has 1 N–H and O–H groups in total. The Bertz CT molecular complexity index is 939. The molecule has 26 heavy (non-hydrogen) atoms. The third-order valence-corrected chi connectivity index (χ3v) is 5.09. The number of amides is 1. The van der Waals surface area contributed by atoms with Crippen LogP contribution in [0.4, 0.5) is 0 Å². The number of imidazole rings is 1.